The van der Waals surface area contributed by atoms with Crippen molar-refractivity contribution in [1.82, 2.24) is 0 Å². The summed E-state index contributed by atoms with van der Waals surface area (Å²) in [5.74, 6) is 3.30. The van der Waals surface area contributed by atoms with Gasteiger partial charge in [-0.15, -0.1) is 0 Å². The monoisotopic (exact) mass is 704 g/mol. The minimum atomic E-state index is -0.0521. The molecule has 0 atom stereocenters. The Morgan fingerprint density at radius 2 is 0.927 bits per heavy atom. The van der Waals surface area contributed by atoms with E-state index in [0.717, 1.165) is 23.7 Å². The highest BCUT2D eigenvalue weighted by atomic mass is 14.6. The van der Waals surface area contributed by atoms with Crippen molar-refractivity contribution >= 4 is 32.3 Å². The second kappa shape index (κ2) is 10.6. The standard InChI is InChI=1S/C55H44/c1-54(2)47-20-10-9-14-39(47)40-23-22-36(31-49(40)54)51-41-15-5-7-17-43(41)52(44-18-8-6-16-42(44)51)45-19-11-21-48-53(45)46-29-34-12-3-4-13-35(34)30-50(46)55(48)37-25-32-24-33(27-37)28-38(55)26-32/h3-23,29-33,37-38H,24-28H2,1-2H3. The lowest BCUT2D eigenvalue weighted by Gasteiger charge is -2.61. The summed E-state index contributed by atoms with van der Waals surface area (Å²) in [7, 11) is 0. The maximum atomic E-state index is 2.64. The summed E-state index contributed by atoms with van der Waals surface area (Å²) >= 11 is 0. The van der Waals surface area contributed by atoms with Crippen LogP contribution in [0.1, 0.15) is 68.2 Å². The zero-order chi connectivity index (χ0) is 36.2. The van der Waals surface area contributed by atoms with Gasteiger partial charge in [0.2, 0.25) is 0 Å². The Morgan fingerprint density at radius 1 is 0.382 bits per heavy atom. The molecule has 264 valence electrons. The van der Waals surface area contributed by atoms with Crippen molar-refractivity contribution in [2.75, 3.05) is 0 Å². The van der Waals surface area contributed by atoms with Gasteiger partial charge in [-0.1, -0.05) is 141 Å². The summed E-state index contributed by atoms with van der Waals surface area (Å²) in [5, 5.41) is 8.12. The first-order valence-corrected chi connectivity index (χ1v) is 20.9. The van der Waals surface area contributed by atoms with E-state index < -0.39 is 0 Å². The fraction of sp³-hybridized carbons (Fsp3) is 0.236. The van der Waals surface area contributed by atoms with Crippen molar-refractivity contribution < 1.29 is 0 Å². The second-order valence-corrected chi connectivity index (χ2v) is 18.4. The summed E-state index contributed by atoms with van der Waals surface area (Å²) in [6.07, 6.45) is 7.05. The third-order valence-electron chi connectivity index (χ3n) is 15.6. The normalized spacial score (nSPS) is 24.8. The molecule has 0 N–H and O–H groups in total. The van der Waals surface area contributed by atoms with Gasteiger partial charge < -0.3 is 0 Å². The van der Waals surface area contributed by atoms with Gasteiger partial charge in [0, 0.05) is 10.8 Å². The van der Waals surface area contributed by atoms with Crippen LogP contribution in [0, 0.1) is 23.7 Å². The van der Waals surface area contributed by atoms with Crippen LogP contribution in [0.3, 0.4) is 0 Å². The molecule has 4 saturated carbocycles. The van der Waals surface area contributed by atoms with E-state index in [1.54, 1.807) is 11.1 Å². The van der Waals surface area contributed by atoms with Gasteiger partial charge in [0.25, 0.3) is 0 Å². The Morgan fingerprint density at radius 3 is 1.62 bits per heavy atom. The molecule has 4 bridgehead atoms. The SMILES string of the molecule is CC1(C)c2ccccc2-c2ccc(-c3c4ccccc4c(-c4cccc5c4-c4cc6ccccc6cc4C54C5CC6CC(C5)CC4C6)c4ccccc34)cc21. The van der Waals surface area contributed by atoms with E-state index in [4.69, 9.17) is 0 Å². The Balaban J connectivity index is 1.10. The molecule has 8 aromatic carbocycles. The van der Waals surface area contributed by atoms with Crippen LogP contribution in [-0.4, -0.2) is 0 Å². The topological polar surface area (TPSA) is 0 Å². The summed E-state index contributed by atoms with van der Waals surface area (Å²) in [6.45, 7) is 4.79. The smallest absolute Gasteiger partial charge is 0.0272 e. The molecule has 0 heterocycles. The summed E-state index contributed by atoms with van der Waals surface area (Å²) in [6, 6.07) is 56.7. The number of hydrogen-bond acceptors (Lipinski definition) is 0. The summed E-state index contributed by atoms with van der Waals surface area (Å²) in [4.78, 5) is 0. The lowest BCUT2D eigenvalue weighted by molar-refractivity contribution is -0.0398. The van der Waals surface area contributed by atoms with Crippen LogP contribution < -0.4 is 0 Å². The third-order valence-corrected chi connectivity index (χ3v) is 15.6. The summed E-state index contributed by atoms with van der Waals surface area (Å²) < 4.78 is 0. The van der Waals surface area contributed by atoms with Crippen molar-refractivity contribution in [3.63, 3.8) is 0 Å². The summed E-state index contributed by atoms with van der Waals surface area (Å²) in [5.41, 5.74) is 17.4. The molecule has 1 spiro atoms. The molecule has 4 fully saturated rings. The van der Waals surface area contributed by atoms with E-state index in [1.807, 2.05) is 0 Å². The Labute approximate surface area is 323 Å². The molecule has 14 rings (SSSR count). The highest BCUT2D eigenvalue weighted by molar-refractivity contribution is 6.23. The van der Waals surface area contributed by atoms with E-state index in [9.17, 15) is 0 Å². The second-order valence-electron chi connectivity index (χ2n) is 18.4. The molecule has 0 aromatic heterocycles. The van der Waals surface area contributed by atoms with Crippen molar-refractivity contribution in [1.29, 1.82) is 0 Å². The molecule has 55 heavy (non-hydrogen) atoms. The molecule has 0 nitrogen and oxygen atoms in total. The van der Waals surface area contributed by atoms with E-state index in [-0.39, 0.29) is 10.8 Å². The van der Waals surface area contributed by atoms with Gasteiger partial charge in [0.05, 0.1) is 0 Å². The molecular weight excluding hydrogens is 661 g/mol. The molecule has 0 unspecified atom stereocenters. The molecular formula is C55H44. The van der Waals surface area contributed by atoms with Gasteiger partial charge >= 0.3 is 0 Å². The van der Waals surface area contributed by atoms with E-state index in [1.165, 1.54) is 120 Å². The third kappa shape index (κ3) is 3.84. The molecule has 0 radical (unpaired) electrons. The molecule has 0 saturated heterocycles. The van der Waals surface area contributed by atoms with Gasteiger partial charge in [-0.25, -0.2) is 0 Å². The first-order chi connectivity index (χ1) is 27.0. The number of fused-ring (bicyclic) bond motifs is 9. The zero-order valence-corrected chi connectivity index (χ0v) is 31.7. The molecule has 8 aromatic rings. The first kappa shape index (κ1) is 30.8. The number of rotatable bonds is 2. The van der Waals surface area contributed by atoms with E-state index >= 15 is 0 Å². The first-order valence-electron chi connectivity index (χ1n) is 20.9. The van der Waals surface area contributed by atoms with Crippen LogP contribution in [0.15, 0.2) is 146 Å². The van der Waals surface area contributed by atoms with E-state index in [0.29, 0.717) is 0 Å². The predicted molar refractivity (Wildman–Crippen MR) is 231 cm³/mol. The maximum Gasteiger partial charge on any atom is 0.0272 e. The van der Waals surface area contributed by atoms with Gasteiger partial charge in [-0.2, -0.15) is 0 Å². The van der Waals surface area contributed by atoms with Crippen LogP contribution in [-0.2, 0) is 10.8 Å². The fourth-order valence-electron chi connectivity index (χ4n) is 13.7. The average molecular weight is 705 g/mol. The highest BCUT2D eigenvalue weighted by Crippen LogP contribution is 2.70. The van der Waals surface area contributed by atoms with Crippen LogP contribution in [0.25, 0.3) is 76.8 Å². The van der Waals surface area contributed by atoms with Gasteiger partial charge in [-0.3, -0.25) is 0 Å². The van der Waals surface area contributed by atoms with Crippen LogP contribution in [0.5, 0.6) is 0 Å². The van der Waals surface area contributed by atoms with Crippen LogP contribution in [0.4, 0.5) is 0 Å². The van der Waals surface area contributed by atoms with E-state index in [2.05, 4.69) is 159 Å². The highest BCUT2D eigenvalue weighted by Gasteiger charge is 2.62. The fourth-order valence-corrected chi connectivity index (χ4v) is 13.7. The average Bonchev–Trinajstić information content (AvgIpc) is 3.62. The van der Waals surface area contributed by atoms with Crippen molar-refractivity contribution in [2.45, 2.75) is 56.8 Å². The number of hydrogen-bond donors (Lipinski definition) is 0. The molecule has 0 heteroatoms. The number of benzene rings is 8. The minimum Gasteiger partial charge on any atom is -0.0619 e. The van der Waals surface area contributed by atoms with Crippen LogP contribution in [0.2, 0.25) is 0 Å². The predicted octanol–water partition coefficient (Wildman–Crippen LogP) is 14.5. The van der Waals surface area contributed by atoms with Crippen molar-refractivity contribution in [3.05, 3.63) is 168 Å². The molecule has 6 aliphatic carbocycles. The molecule has 0 aliphatic heterocycles. The van der Waals surface area contributed by atoms with Crippen molar-refractivity contribution in [3.8, 4) is 44.5 Å². The lowest BCUT2D eigenvalue weighted by atomic mass is 9.43. The molecule has 6 aliphatic rings. The lowest BCUT2D eigenvalue weighted by Crippen LogP contribution is -2.55. The van der Waals surface area contributed by atoms with Gasteiger partial charge in [0.15, 0.2) is 0 Å². The Hall–Kier alpha value is -5.46. The molecule has 0 amide bonds. The Bertz CT molecular complexity index is 2890. The minimum absolute atomic E-state index is 0.0521. The zero-order valence-electron chi connectivity index (χ0n) is 31.7. The maximum absolute atomic E-state index is 2.64. The quantitative estimate of drug-likeness (QED) is 0.157. The van der Waals surface area contributed by atoms with Gasteiger partial charge in [0.1, 0.15) is 0 Å². The largest absolute Gasteiger partial charge is 0.0619 e. The van der Waals surface area contributed by atoms with Crippen LogP contribution >= 0.6 is 0 Å². The Kier molecular flexibility index (Phi) is 5.96. The van der Waals surface area contributed by atoms with Gasteiger partial charge in [-0.05, 0) is 173 Å². The van der Waals surface area contributed by atoms with Crippen molar-refractivity contribution in [2.24, 2.45) is 23.7 Å².